The van der Waals surface area contributed by atoms with Crippen LogP contribution in [0.5, 0.6) is 0 Å². The molecule has 2 heterocycles. The van der Waals surface area contributed by atoms with Gasteiger partial charge in [-0.15, -0.1) is 0 Å². The molecule has 64 valence electrons. The molecule has 4 heteroatoms. The predicted molar refractivity (Wildman–Crippen MR) is 47.4 cm³/mol. The van der Waals surface area contributed by atoms with E-state index in [1.165, 1.54) is 0 Å². The third kappa shape index (κ3) is 1.44. The number of nitrogens with zero attached hydrogens (tertiary/aromatic N) is 2. The van der Waals surface area contributed by atoms with Crippen LogP contribution in [0.3, 0.4) is 0 Å². The summed E-state index contributed by atoms with van der Waals surface area (Å²) in [6, 6.07) is 1.97. The summed E-state index contributed by atoms with van der Waals surface area (Å²) in [7, 11) is 0. The fraction of sp³-hybridized carbons (Fsp3) is 0.500. The van der Waals surface area contributed by atoms with Gasteiger partial charge in [-0.05, 0) is 12.3 Å². The molecule has 1 fully saturated rings. The highest BCUT2D eigenvalue weighted by Crippen LogP contribution is 2.22. The largest absolute Gasteiger partial charge is 0.380 e. The lowest BCUT2D eigenvalue weighted by molar-refractivity contribution is 0.00642. The number of aromatic nitrogens is 2. The van der Waals surface area contributed by atoms with Crippen LogP contribution >= 0.6 is 11.8 Å². The molecule has 0 saturated carbocycles. The van der Waals surface area contributed by atoms with Crippen molar-refractivity contribution in [3.05, 3.63) is 18.0 Å². The zero-order valence-corrected chi connectivity index (χ0v) is 7.67. The van der Waals surface area contributed by atoms with Crippen LogP contribution in [0.2, 0.25) is 0 Å². The molecular formula is C8H10N2OS. The Bertz CT molecular complexity index is 276. The van der Waals surface area contributed by atoms with Crippen LogP contribution in [0.1, 0.15) is 11.6 Å². The summed E-state index contributed by atoms with van der Waals surface area (Å²) < 4.78 is 5.10. The first-order chi connectivity index (χ1) is 5.90. The maximum atomic E-state index is 5.10. The summed E-state index contributed by atoms with van der Waals surface area (Å²) in [6.07, 6.45) is 3.79. The third-order valence-corrected chi connectivity index (χ3v) is 2.46. The van der Waals surface area contributed by atoms with Crippen LogP contribution in [0.4, 0.5) is 0 Å². The van der Waals surface area contributed by atoms with E-state index in [0.29, 0.717) is 5.92 Å². The predicted octanol–water partition coefficient (Wildman–Crippen LogP) is 1.31. The van der Waals surface area contributed by atoms with Gasteiger partial charge in [0.15, 0.2) is 5.16 Å². The van der Waals surface area contributed by atoms with E-state index >= 15 is 0 Å². The Morgan fingerprint density at radius 3 is 3.00 bits per heavy atom. The van der Waals surface area contributed by atoms with Crippen molar-refractivity contribution in [2.24, 2.45) is 0 Å². The summed E-state index contributed by atoms with van der Waals surface area (Å²) in [4.78, 5) is 8.49. The van der Waals surface area contributed by atoms with Crippen molar-refractivity contribution in [3.8, 4) is 0 Å². The minimum Gasteiger partial charge on any atom is -0.380 e. The standard InChI is InChI=1S/C8H10N2OS/c1-12-8-9-3-2-7(10-8)6-4-11-5-6/h2-3,6H,4-5H2,1H3. The Morgan fingerprint density at radius 1 is 1.58 bits per heavy atom. The van der Waals surface area contributed by atoms with Crippen molar-refractivity contribution in [3.63, 3.8) is 0 Å². The normalized spacial score (nSPS) is 17.4. The Hall–Kier alpha value is -0.610. The smallest absolute Gasteiger partial charge is 0.187 e. The van der Waals surface area contributed by atoms with Gasteiger partial charge in [-0.25, -0.2) is 9.97 Å². The van der Waals surface area contributed by atoms with Crippen molar-refractivity contribution < 1.29 is 4.74 Å². The van der Waals surface area contributed by atoms with Crippen LogP contribution < -0.4 is 0 Å². The molecule has 0 unspecified atom stereocenters. The molecule has 0 N–H and O–H groups in total. The molecule has 1 aliphatic rings. The van der Waals surface area contributed by atoms with E-state index in [-0.39, 0.29) is 0 Å². The molecule has 2 rings (SSSR count). The molecule has 0 radical (unpaired) electrons. The van der Waals surface area contributed by atoms with Gasteiger partial charge in [0.2, 0.25) is 0 Å². The van der Waals surface area contributed by atoms with Crippen LogP contribution in [0.25, 0.3) is 0 Å². The molecular weight excluding hydrogens is 172 g/mol. The van der Waals surface area contributed by atoms with Gasteiger partial charge >= 0.3 is 0 Å². The van der Waals surface area contributed by atoms with Gasteiger partial charge in [-0.2, -0.15) is 0 Å². The highest BCUT2D eigenvalue weighted by Gasteiger charge is 2.21. The fourth-order valence-electron chi connectivity index (χ4n) is 1.09. The molecule has 1 aromatic heterocycles. The van der Waals surface area contributed by atoms with E-state index in [1.54, 1.807) is 11.8 Å². The van der Waals surface area contributed by atoms with Gasteiger partial charge < -0.3 is 4.74 Å². The van der Waals surface area contributed by atoms with Crippen molar-refractivity contribution in [1.29, 1.82) is 0 Å². The van der Waals surface area contributed by atoms with Crippen molar-refractivity contribution in [2.75, 3.05) is 19.5 Å². The third-order valence-electron chi connectivity index (χ3n) is 1.89. The summed E-state index contributed by atoms with van der Waals surface area (Å²) >= 11 is 1.57. The quantitative estimate of drug-likeness (QED) is 0.510. The average molecular weight is 182 g/mol. The van der Waals surface area contributed by atoms with Crippen LogP contribution in [0, 0.1) is 0 Å². The number of thioether (sulfide) groups is 1. The van der Waals surface area contributed by atoms with E-state index in [9.17, 15) is 0 Å². The first-order valence-corrected chi connectivity index (χ1v) is 5.07. The summed E-state index contributed by atoms with van der Waals surface area (Å²) in [5.74, 6) is 0.499. The van der Waals surface area contributed by atoms with E-state index in [0.717, 1.165) is 24.1 Å². The number of rotatable bonds is 2. The lowest BCUT2D eigenvalue weighted by Crippen LogP contribution is -2.26. The minimum atomic E-state index is 0.499. The molecule has 0 bridgehead atoms. The zero-order chi connectivity index (χ0) is 8.39. The second-order valence-corrected chi connectivity index (χ2v) is 3.48. The molecule has 12 heavy (non-hydrogen) atoms. The van der Waals surface area contributed by atoms with Gasteiger partial charge in [0.25, 0.3) is 0 Å². The van der Waals surface area contributed by atoms with Gasteiger partial charge in [-0.1, -0.05) is 11.8 Å². The SMILES string of the molecule is CSc1nccc(C2COC2)n1. The van der Waals surface area contributed by atoms with Crippen molar-refractivity contribution >= 4 is 11.8 Å². The summed E-state index contributed by atoms with van der Waals surface area (Å²) in [5.41, 5.74) is 1.11. The highest BCUT2D eigenvalue weighted by atomic mass is 32.2. The van der Waals surface area contributed by atoms with Crippen molar-refractivity contribution in [1.82, 2.24) is 9.97 Å². The maximum Gasteiger partial charge on any atom is 0.187 e. The Labute approximate surface area is 75.6 Å². The number of hydrogen-bond donors (Lipinski definition) is 0. The van der Waals surface area contributed by atoms with Crippen LogP contribution in [0.15, 0.2) is 17.4 Å². The molecule has 0 amide bonds. The van der Waals surface area contributed by atoms with Crippen molar-refractivity contribution in [2.45, 2.75) is 11.1 Å². The van der Waals surface area contributed by atoms with Crippen LogP contribution in [-0.2, 0) is 4.74 Å². The summed E-state index contributed by atoms with van der Waals surface area (Å²) in [6.45, 7) is 1.62. The van der Waals surface area contributed by atoms with E-state index in [2.05, 4.69) is 9.97 Å². The molecule has 1 saturated heterocycles. The number of hydrogen-bond acceptors (Lipinski definition) is 4. The topological polar surface area (TPSA) is 35.0 Å². The lowest BCUT2D eigenvalue weighted by Gasteiger charge is -2.25. The lowest BCUT2D eigenvalue weighted by atomic mass is 10.0. The second kappa shape index (κ2) is 3.41. The summed E-state index contributed by atoms with van der Waals surface area (Å²) in [5, 5.41) is 0.847. The minimum absolute atomic E-state index is 0.499. The maximum absolute atomic E-state index is 5.10. The van der Waals surface area contributed by atoms with E-state index < -0.39 is 0 Å². The van der Waals surface area contributed by atoms with Gasteiger partial charge in [0, 0.05) is 12.1 Å². The Balaban J connectivity index is 2.19. The zero-order valence-electron chi connectivity index (χ0n) is 6.86. The molecule has 1 aliphatic heterocycles. The molecule has 1 aromatic rings. The van der Waals surface area contributed by atoms with Gasteiger partial charge in [0.1, 0.15) is 0 Å². The molecule has 0 spiro atoms. The monoisotopic (exact) mass is 182 g/mol. The van der Waals surface area contributed by atoms with Gasteiger partial charge in [-0.3, -0.25) is 0 Å². The molecule has 0 aliphatic carbocycles. The average Bonchev–Trinajstić information content (AvgIpc) is 2.02. The molecule has 3 nitrogen and oxygen atoms in total. The highest BCUT2D eigenvalue weighted by molar-refractivity contribution is 7.98. The number of ether oxygens (including phenoxy) is 1. The van der Waals surface area contributed by atoms with E-state index in [4.69, 9.17) is 4.74 Å². The van der Waals surface area contributed by atoms with Gasteiger partial charge in [0.05, 0.1) is 18.9 Å². The first-order valence-electron chi connectivity index (χ1n) is 3.85. The second-order valence-electron chi connectivity index (χ2n) is 2.70. The fourth-order valence-corrected chi connectivity index (χ4v) is 1.45. The first kappa shape index (κ1) is 8.01. The Morgan fingerprint density at radius 2 is 2.42 bits per heavy atom. The van der Waals surface area contributed by atoms with Crippen LogP contribution in [-0.4, -0.2) is 29.4 Å². The Kier molecular flexibility index (Phi) is 2.28. The van der Waals surface area contributed by atoms with E-state index in [1.807, 2.05) is 18.5 Å². The molecule has 0 atom stereocenters. The molecule has 0 aromatic carbocycles.